The molecule has 0 aliphatic carbocycles. The summed E-state index contributed by atoms with van der Waals surface area (Å²) < 4.78 is 35.6. The molecule has 170 valence electrons. The topological polar surface area (TPSA) is 143 Å². The van der Waals surface area contributed by atoms with Crippen molar-refractivity contribution in [1.29, 1.82) is 0 Å². The van der Waals surface area contributed by atoms with Crippen molar-refractivity contribution in [3.8, 4) is 0 Å². The van der Waals surface area contributed by atoms with Crippen LogP contribution in [0.4, 0.5) is 18.0 Å². The molecule has 0 saturated heterocycles. The number of methoxy groups -OCH3 is 1. The van der Waals surface area contributed by atoms with Gasteiger partial charge in [-0.3, -0.25) is 9.59 Å². The average molecular weight is 466 g/mol. The van der Waals surface area contributed by atoms with E-state index in [1.807, 2.05) is 0 Å². The second kappa shape index (κ2) is 13.5. The fourth-order valence-corrected chi connectivity index (χ4v) is 3.82. The first kappa shape index (κ1) is 29.5. The molecule has 1 atom stereocenters. The predicted molar refractivity (Wildman–Crippen MR) is 100 cm³/mol. The number of aliphatic carboxylic acids is 1. The zero-order valence-corrected chi connectivity index (χ0v) is 18.4. The molecule has 0 aromatic carbocycles. The van der Waals surface area contributed by atoms with Gasteiger partial charge < -0.3 is 30.6 Å². The number of amides is 2. The van der Waals surface area contributed by atoms with E-state index in [1.165, 1.54) is 24.8 Å². The van der Waals surface area contributed by atoms with E-state index < -0.39 is 28.9 Å². The third kappa shape index (κ3) is 13.2. The molecule has 0 radical (unpaired) electrons. The molecule has 0 aliphatic heterocycles. The number of hydrogen-bond donors (Lipinski definition) is 2. The Morgan fingerprint density at radius 2 is 1.72 bits per heavy atom. The Kier molecular flexibility index (Phi) is 13.8. The van der Waals surface area contributed by atoms with Crippen LogP contribution in [0.1, 0.15) is 27.2 Å². The van der Waals surface area contributed by atoms with Gasteiger partial charge in [0.1, 0.15) is 12.0 Å². The van der Waals surface area contributed by atoms with E-state index in [0.717, 1.165) is 23.8 Å². The summed E-state index contributed by atoms with van der Waals surface area (Å²) in [4.78, 5) is 45.5. The standard InChI is InChI=1S/C13H25N3O4S2.C2HF3O2/c1-9(17)15-10(11(18)20-5)13(2,3)22-21-12(19)16(4)8-6-7-14;3-2(4,5)1(6)7/h10H,6-8,14H2,1-5H3,(H,15,17);(H,6,7). The Morgan fingerprint density at radius 3 is 2.07 bits per heavy atom. The lowest BCUT2D eigenvalue weighted by atomic mass is 10.0. The average Bonchev–Trinajstić information content (AvgIpc) is 2.60. The first-order chi connectivity index (χ1) is 13.1. The van der Waals surface area contributed by atoms with E-state index in [0.29, 0.717) is 6.54 Å². The first-order valence-corrected chi connectivity index (χ1v) is 10.3. The van der Waals surface area contributed by atoms with Crippen LogP contribution in [0.25, 0.3) is 0 Å². The number of quaternary nitrogens is 1. The summed E-state index contributed by atoms with van der Waals surface area (Å²) in [6, 6.07) is -0.828. The number of esters is 1. The molecule has 0 saturated carbocycles. The molecule has 29 heavy (non-hydrogen) atoms. The van der Waals surface area contributed by atoms with Crippen LogP contribution in [0.3, 0.4) is 0 Å². The van der Waals surface area contributed by atoms with E-state index in [4.69, 9.17) is 14.6 Å². The van der Waals surface area contributed by atoms with E-state index in [1.54, 1.807) is 25.8 Å². The Morgan fingerprint density at radius 1 is 1.24 bits per heavy atom. The number of ether oxygens (including phenoxy) is 1. The molecular formula is C15H26F3N3O6S2. The number of carboxylic acids is 1. The molecule has 2 amide bonds. The van der Waals surface area contributed by atoms with E-state index in [-0.39, 0.29) is 11.1 Å². The smallest absolute Gasteiger partial charge is 0.430 e. The first-order valence-electron chi connectivity index (χ1n) is 8.13. The maximum absolute atomic E-state index is 12.0. The van der Waals surface area contributed by atoms with E-state index in [2.05, 4.69) is 11.1 Å². The summed E-state index contributed by atoms with van der Waals surface area (Å²) in [5.74, 6) is -3.87. The number of rotatable bonds is 8. The van der Waals surface area contributed by atoms with Crippen molar-refractivity contribution in [1.82, 2.24) is 10.2 Å². The molecule has 0 spiro atoms. The van der Waals surface area contributed by atoms with Crippen molar-refractivity contribution in [3.05, 3.63) is 0 Å². The quantitative estimate of drug-likeness (QED) is 0.371. The molecule has 0 rings (SSSR count). The van der Waals surface area contributed by atoms with Gasteiger partial charge in [0.2, 0.25) is 5.91 Å². The number of nitrogens with one attached hydrogen (secondary N) is 1. The van der Waals surface area contributed by atoms with Gasteiger partial charge in [-0.2, -0.15) is 13.2 Å². The fraction of sp³-hybridized carbons (Fsp3) is 0.733. The number of carbonyl (C=O) groups is 4. The van der Waals surface area contributed by atoms with Crippen LogP contribution < -0.4 is 16.2 Å². The maximum atomic E-state index is 12.0. The van der Waals surface area contributed by atoms with Crippen molar-refractivity contribution in [2.24, 2.45) is 0 Å². The third-order valence-electron chi connectivity index (χ3n) is 3.09. The second-order valence-electron chi connectivity index (χ2n) is 6.11. The lowest BCUT2D eigenvalue weighted by molar-refractivity contribution is -0.368. The lowest BCUT2D eigenvalue weighted by Crippen LogP contribution is -2.52. The van der Waals surface area contributed by atoms with E-state index >= 15 is 0 Å². The Balaban J connectivity index is 0. The fourth-order valence-electron chi connectivity index (χ4n) is 1.53. The molecular weight excluding hydrogens is 439 g/mol. The summed E-state index contributed by atoms with van der Waals surface area (Å²) in [5.41, 5.74) is 3.74. The molecule has 0 aromatic rings. The zero-order chi connectivity index (χ0) is 23.4. The van der Waals surface area contributed by atoms with Gasteiger partial charge in [-0.05, 0) is 13.8 Å². The highest BCUT2D eigenvalue weighted by atomic mass is 33.1. The van der Waals surface area contributed by atoms with Gasteiger partial charge in [-0.1, -0.05) is 10.8 Å². The van der Waals surface area contributed by atoms with Crippen LogP contribution in [0.15, 0.2) is 0 Å². The molecule has 0 bridgehead atoms. The second-order valence-corrected chi connectivity index (χ2v) is 8.84. The minimum absolute atomic E-state index is 0.0991. The normalized spacial score (nSPS) is 12.2. The third-order valence-corrected chi connectivity index (χ3v) is 6.26. The van der Waals surface area contributed by atoms with Crippen LogP contribution in [-0.4, -0.2) is 72.2 Å². The van der Waals surface area contributed by atoms with Crippen LogP contribution in [0.5, 0.6) is 0 Å². The monoisotopic (exact) mass is 465 g/mol. The van der Waals surface area contributed by atoms with Gasteiger partial charge in [0.15, 0.2) is 0 Å². The SMILES string of the molecule is COC(=O)C(NC(C)=O)C(C)(C)SSC(=O)N(C)CCC[NH3+].O=C([O-])C(F)(F)F. The Bertz CT molecular complexity index is 576. The van der Waals surface area contributed by atoms with Crippen LogP contribution in [-0.2, 0) is 19.1 Å². The molecule has 14 heteroatoms. The molecule has 0 aliphatic rings. The van der Waals surface area contributed by atoms with Crippen molar-refractivity contribution in [3.63, 3.8) is 0 Å². The van der Waals surface area contributed by atoms with Crippen molar-refractivity contribution >= 4 is 44.7 Å². The largest absolute Gasteiger partial charge is 0.542 e. The van der Waals surface area contributed by atoms with Crippen molar-refractivity contribution in [2.45, 2.75) is 44.2 Å². The minimum Gasteiger partial charge on any atom is -0.542 e. The number of halogens is 3. The van der Waals surface area contributed by atoms with Gasteiger partial charge >= 0.3 is 12.1 Å². The van der Waals surface area contributed by atoms with Gasteiger partial charge in [0, 0.05) is 37.7 Å². The summed E-state index contributed by atoms with van der Waals surface area (Å²) >= 11 is 0. The van der Waals surface area contributed by atoms with E-state index in [9.17, 15) is 27.6 Å². The number of carbonyl (C=O) groups excluding carboxylic acids is 4. The maximum Gasteiger partial charge on any atom is 0.430 e. The number of carboxylic acid groups (broad SMARTS) is 1. The minimum atomic E-state index is -5.19. The summed E-state index contributed by atoms with van der Waals surface area (Å²) in [5, 5.41) is 11.3. The van der Waals surface area contributed by atoms with Crippen molar-refractivity contribution in [2.75, 3.05) is 27.2 Å². The Labute approximate surface area is 174 Å². The highest BCUT2D eigenvalue weighted by Crippen LogP contribution is 2.39. The van der Waals surface area contributed by atoms with Gasteiger partial charge in [-0.15, -0.1) is 0 Å². The molecule has 9 nitrogen and oxygen atoms in total. The summed E-state index contributed by atoms with van der Waals surface area (Å²) in [6.07, 6.45) is -4.35. The molecule has 0 fully saturated rings. The highest BCUT2D eigenvalue weighted by Gasteiger charge is 2.38. The van der Waals surface area contributed by atoms with Crippen molar-refractivity contribution < 1.29 is 47.9 Å². The summed E-state index contributed by atoms with van der Waals surface area (Å²) in [6.45, 7) is 6.31. The van der Waals surface area contributed by atoms with Crippen LogP contribution in [0, 0.1) is 0 Å². The predicted octanol–water partition coefficient (Wildman–Crippen LogP) is -0.193. The molecule has 4 N–H and O–H groups in total. The lowest BCUT2D eigenvalue weighted by Gasteiger charge is -2.31. The molecule has 0 aromatic heterocycles. The number of alkyl halides is 3. The van der Waals surface area contributed by atoms with Crippen LogP contribution in [0.2, 0.25) is 0 Å². The Hall–Kier alpha value is -1.67. The van der Waals surface area contributed by atoms with Gasteiger partial charge in [-0.25, -0.2) is 4.79 Å². The summed E-state index contributed by atoms with van der Waals surface area (Å²) in [7, 11) is 5.28. The highest BCUT2D eigenvalue weighted by molar-refractivity contribution is 8.82. The molecule has 0 heterocycles. The van der Waals surface area contributed by atoms with Gasteiger partial charge in [0.05, 0.1) is 18.4 Å². The number of hydrogen-bond acceptors (Lipinski definition) is 8. The van der Waals surface area contributed by atoms with Crippen LogP contribution >= 0.6 is 21.6 Å². The molecule has 1 unspecified atom stereocenters. The number of nitrogens with zero attached hydrogens (tertiary/aromatic N) is 1. The van der Waals surface area contributed by atoms with Gasteiger partial charge in [0.25, 0.3) is 5.24 Å². The zero-order valence-electron chi connectivity index (χ0n) is 16.8.